The second-order valence-electron chi connectivity index (χ2n) is 3.16. The molecule has 0 saturated heterocycles. The van der Waals surface area contributed by atoms with E-state index in [0.717, 1.165) is 0 Å². The second kappa shape index (κ2) is 6.48. The highest BCUT2D eigenvalue weighted by Gasteiger charge is 2.11. The maximum absolute atomic E-state index is 11.5. The average molecular weight is 244 g/mol. The Bertz CT molecular complexity index is 336. The molecule has 0 aliphatic heterocycles. The first kappa shape index (κ1) is 13.0. The van der Waals surface area contributed by atoms with Crippen molar-refractivity contribution in [1.29, 1.82) is 0 Å². The van der Waals surface area contributed by atoms with E-state index in [1.807, 2.05) is 0 Å². The van der Waals surface area contributed by atoms with Gasteiger partial charge in [-0.3, -0.25) is 4.79 Å². The first-order valence-electron chi connectivity index (χ1n) is 4.76. The van der Waals surface area contributed by atoms with E-state index >= 15 is 0 Å². The van der Waals surface area contributed by atoms with Crippen molar-refractivity contribution in [3.63, 3.8) is 0 Å². The minimum atomic E-state index is -0.521. The van der Waals surface area contributed by atoms with Crippen LogP contribution in [0.4, 0.5) is 5.69 Å². The molecule has 0 fully saturated rings. The molecule has 0 aromatic heterocycles. The number of hydrogen-bond donors (Lipinski definition) is 1. The smallest absolute Gasteiger partial charge is 0.229 e. The van der Waals surface area contributed by atoms with Crippen LogP contribution in [-0.2, 0) is 14.3 Å². The number of halogens is 1. The summed E-state index contributed by atoms with van der Waals surface area (Å²) in [5.41, 5.74) is 0.695. The fourth-order valence-corrected chi connectivity index (χ4v) is 1.29. The van der Waals surface area contributed by atoms with E-state index < -0.39 is 6.29 Å². The molecule has 0 saturated carbocycles. The van der Waals surface area contributed by atoms with Crippen LogP contribution in [0.15, 0.2) is 24.3 Å². The zero-order chi connectivity index (χ0) is 12.0. The van der Waals surface area contributed by atoms with Crippen molar-refractivity contribution in [3.8, 4) is 0 Å². The number of anilines is 1. The minimum absolute atomic E-state index is 0.148. The lowest BCUT2D eigenvalue weighted by atomic mass is 10.3. The van der Waals surface area contributed by atoms with Crippen LogP contribution < -0.4 is 5.32 Å². The first-order valence-corrected chi connectivity index (χ1v) is 5.14. The zero-order valence-electron chi connectivity index (χ0n) is 9.20. The highest BCUT2D eigenvalue weighted by molar-refractivity contribution is 6.30. The van der Waals surface area contributed by atoms with Gasteiger partial charge in [0, 0.05) is 24.9 Å². The van der Waals surface area contributed by atoms with Crippen molar-refractivity contribution in [2.45, 2.75) is 12.7 Å². The lowest BCUT2D eigenvalue weighted by Crippen LogP contribution is -2.22. The lowest BCUT2D eigenvalue weighted by Gasteiger charge is -2.12. The summed E-state index contributed by atoms with van der Waals surface area (Å²) in [7, 11) is 2.98. The summed E-state index contributed by atoms with van der Waals surface area (Å²) in [6, 6.07) is 6.88. The second-order valence-corrected chi connectivity index (χ2v) is 3.60. The van der Waals surface area contributed by atoms with Gasteiger partial charge in [0.05, 0.1) is 6.42 Å². The van der Waals surface area contributed by atoms with Crippen LogP contribution in [0.2, 0.25) is 5.02 Å². The molecule has 1 aromatic carbocycles. The Morgan fingerprint density at radius 2 is 1.88 bits per heavy atom. The van der Waals surface area contributed by atoms with Crippen LogP contribution in [0.5, 0.6) is 0 Å². The molecule has 0 spiro atoms. The van der Waals surface area contributed by atoms with Crippen molar-refractivity contribution in [3.05, 3.63) is 29.3 Å². The number of rotatable bonds is 5. The van der Waals surface area contributed by atoms with Crippen molar-refractivity contribution in [2.24, 2.45) is 0 Å². The predicted octanol–water partition coefficient (Wildman–Crippen LogP) is 2.29. The number of carbonyl (C=O) groups excluding carboxylic acids is 1. The summed E-state index contributed by atoms with van der Waals surface area (Å²) < 4.78 is 9.85. The molecule has 0 bridgehead atoms. The Kier molecular flexibility index (Phi) is 5.25. The maximum atomic E-state index is 11.5. The molecule has 1 aromatic rings. The van der Waals surface area contributed by atoms with E-state index in [-0.39, 0.29) is 12.3 Å². The van der Waals surface area contributed by atoms with Gasteiger partial charge < -0.3 is 14.8 Å². The molecule has 0 atom stereocenters. The molecule has 0 radical (unpaired) electrons. The summed E-state index contributed by atoms with van der Waals surface area (Å²) in [4.78, 5) is 11.5. The molecule has 88 valence electrons. The number of amides is 1. The fourth-order valence-electron chi connectivity index (χ4n) is 1.16. The van der Waals surface area contributed by atoms with Gasteiger partial charge in [-0.1, -0.05) is 11.6 Å². The monoisotopic (exact) mass is 243 g/mol. The van der Waals surface area contributed by atoms with E-state index in [0.29, 0.717) is 10.7 Å². The number of methoxy groups -OCH3 is 2. The van der Waals surface area contributed by atoms with Crippen LogP contribution in [0, 0.1) is 0 Å². The van der Waals surface area contributed by atoms with Crippen LogP contribution in [-0.4, -0.2) is 26.4 Å². The number of carbonyl (C=O) groups is 1. The van der Waals surface area contributed by atoms with E-state index in [2.05, 4.69) is 5.32 Å². The first-order chi connectivity index (χ1) is 7.65. The number of hydrogen-bond acceptors (Lipinski definition) is 3. The zero-order valence-corrected chi connectivity index (χ0v) is 9.95. The SMILES string of the molecule is COC(CC(=O)Nc1ccc(Cl)cc1)OC. The van der Waals surface area contributed by atoms with Crippen LogP contribution in [0.3, 0.4) is 0 Å². The van der Waals surface area contributed by atoms with Gasteiger partial charge in [0.15, 0.2) is 6.29 Å². The fraction of sp³-hybridized carbons (Fsp3) is 0.364. The Labute approximate surface area is 99.5 Å². The number of nitrogens with one attached hydrogen (secondary N) is 1. The predicted molar refractivity (Wildman–Crippen MR) is 62.5 cm³/mol. The van der Waals surface area contributed by atoms with Gasteiger partial charge in [-0.25, -0.2) is 0 Å². The third-order valence-corrected chi connectivity index (χ3v) is 2.26. The van der Waals surface area contributed by atoms with Gasteiger partial charge in [0.2, 0.25) is 5.91 Å². The Hall–Kier alpha value is -1.10. The highest BCUT2D eigenvalue weighted by atomic mass is 35.5. The van der Waals surface area contributed by atoms with Crippen molar-refractivity contribution >= 4 is 23.2 Å². The molecular weight excluding hydrogens is 230 g/mol. The van der Waals surface area contributed by atoms with Gasteiger partial charge in [0.1, 0.15) is 0 Å². The molecule has 0 heterocycles. The summed E-state index contributed by atoms with van der Waals surface area (Å²) in [6.07, 6.45) is -0.373. The van der Waals surface area contributed by atoms with Crippen LogP contribution in [0.25, 0.3) is 0 Å². The highest BCUT2D eigenvalue weighted by Crippen LogP contribution is 2.13. The molecule has 0 aliphatic carbocycles. The van der Waals surface area contributed by atoms with Gasteiger partial charge in [-0.05, 0) is 24.3 Å². The normalized spacial score (nSPS) is 10.5. The van der Waals surface area contributed by atoms with Gasteiger partial charge in [-0.2, -0.15) is 0 Å². The molecule has 5 heteroatoms. The summed E-state index contributed by atoms with van der Waals surface area (Å²) in [5.74, 6) is -0.170. The van der Waals surface area contributed by atoms with Crippen molar-refractivity contribution in [2.75, 3.05) is 19.5 Å². The topological polar surface area (TPSA) is 47.6 Å². The molecule has 0 unspecified atom stereocenters. The third-order valence-electron chi connectivity index (χ3n) is 2.01. The number of benzene rings is 1. The van der Waals surface area contributed by atoms with Gasteiger partial charge in [-0.15, -0.1) is 0 Å². The quantitative estimate of drug-likeness (QED) is 0.808. The molecule has 0 aliphatic rings. The van der Waals surface area contributed by atoms with Crippen LogP contribution in [0.1, 0.15) is 6.42 Å². The Morgan fingerprint density at radius 1 is 1.31 bits per heavy atom. The molecule has 16 heavy (non-hydrogen) atoms. The molecule has 1 N–H and O–H groups in total. The lowest BCUT2D eigenvalue weighted by molar-refractivity contribution is -0.134. The van der Waals surface area contributed by atoms with E-state index in [1.54, 1.807) is 24.3 Å². The Balaban J connectivity index is 2.48. The van der Waals surface area contributed by atoms with Gasteiger partial charge >= 0.3 is 0 Å². The largest absolute Gasteiger partial charge is 0.355 e. The summed E-state index contributed by atoms with van der Waals surface area (Å²) >= 11 is 5.72. The third kappa shape index (κ3) is 4.18. The standard InChI is InChI=1S/C11H14ClNO3/c1-15-11(16-2)7-10(14)13-9-5-3-8(12)4-6-9/h3-6,11H,7H2,1-2H3,(H,13,14). The molecule has 1 rings (SSSR count). The number of ether oxygens (including phenoxy) is 2. The van der Waals surface area contributed by atoms with E-state index in [4.69, 9.17) is 21.1 Å². The molecular formula is C11H14ClNO3. The van der Waals surface area contributed by atoms with E-state index in [9.17, 15) is 4.79 Å². The minimum Gasteiger partial charge on any atom is -0.355 e. The average Bonchev–Trinajstić information content (AvgIpc) is 2.29. The molecule has 1 amide bonds. The van der Waals surface area contributed by atoms with E-state index in [1.165, 1.54) is 14.2 Å². The van der Waals surface area contributed by atoms with Crippen LogP contribution >= 0.6 is 11.6 Å². The van der Waals surface area contributed by atoms with Crippen molar-refractivity contribution in [1.82, 2.24) is 0 Å². The van der Waals surface area contributed by atoms with Gasteiger partial charge in [0.25, 0.3) is 0 Å². The molecule has 4 nitrogen and oxygen atoms in total. The summed E-state index contributed by atoms with van der Waals surface area (Å²) in [5, 5.41) is 3.34. The Morgan fingerprint density at radius 3 is 2.38 bits per heavy atom. The summed E-state index contributed by atoms with van der Waals surface area (Å²) in [6.45, 7) is 0. The maximum Gasteiger partial charge on any atom is 0.229 e. The van der Waals surface area contributed by atoms with Crippen molar-refractivity contribution < 1.29 is 14.3 Å².